The lowest BCUT2D eigenvalue weighted by Gasteiger charge is -2.15. The van der Waals surface area contributed by atoms with Crippen molar-refractivity contribution in [2.75, 3.05) is 17.6 Å². The molecule has 1 aliphatic heterocycles. The average Bonchev–Trinajstić information content (AvgIpc) is 3.27. The van der Waals surface area contributed by atoms with Gasteiger partial charge in [0, 0.05) is 46.5 Å². The number of nitrogens with zero attached hydrogens (tertiary/aromatic N) is 5. The highest BCUT2D eigenvalue weighted by molar-refractivity contribution is 7.19. The molecule has 0 saturated heterocycles. The molecule has 186 valence electrons. The van der Waals surface area contributed by atoms with Crippen LogP contribution < -0.4 is 21.9 Å². The number of carbonyl (C=O) groups excluding carboxylic acids is 1. The molecule has 1 aliphatic carbocycles. The number of nitrogens with two attached hydrogens (primary N) is 1. The lowest BCUT2D eigenvalue weighted by Crippen LogP contribution is -2.36. The molecule has 2 aliphatic rings. The zero-order chi connectivity index (χ0) is 24.6. The SMILES string of the molecule is Nc1cc2sc(CNC(=O)[C@@H]3CCc4ncc(NCCCc5nnc(C6CC6)s5)c(=O)n43)cc2cn1. The number of aryl methyl sites for hydroxylation is 2. The molecule has 0 radical (unpaired) electrons. The van der Waals surface area contributed by atoms with Gasteiger partial charge in [-0.05, 0) is 37.8 Å². The van der Waals surface area contributed by atoms with Crippen LogP contribution in [0, 0.1) is 0 Å². The lowest BCUT2D eigenvalue weighted by atomic mass is 10.2. The number of hydrogen-bond donors (Lipinski definition) is 3. The summed E-state index contributed by atoms with van der Waals surface area (Å²) in [4.78, 5) is 35.8. The van der Waals surface area contributed by atoms with Crippen LogP contribution in [-0.4, -0.2) is 37.2 Å². The van der Waals surface area contributed by atoms with Gasteiger partial charge in [0.1, 0.15) is 33.4 Å². The molecule has 4 N–H and O–H groups in total. The highest BCUT2D eigenvalue weighted by Gasteiger charge is 2.31. The van der Waals surface area contributed by atoms with E-state index in [1.165, 1.54) is 12.8 Å². The molecule has 0 aromatic carbocycles. The fraction of sp³-hybridized carbons (Fsp3) is 0.417. The van der Waals surface area contributed by atoms with Crippen molar-refractivity contribution in [1.82, 2.24) is 30.0 Å². The van der Waals surface area contributed by atoms with Gasteiger partial charge in [-0.3, -0.25) is 14.2 Å². The molecule has 0 bridgehead atoms. The van der Waals surface area contributed by atoms with Gasteiger partial charge in [0.05, 0.1) is 12.7 Å². The van der Waals surface area contributed by atoms with Crippen LogP contribution in [0.4, 0.5) is 11.5 Å². The van der Waals surface area contributed by atoms with Crippen molar-refractivity contribution in [3.63, 3.8) is 0 Å². The van der Waals surface area contributed by atoms with E-state index in [1.807, 2.05) is 12.1 Å². The number of anilines is 2. The third kappa shape index (κ3) is 4.70. The first-order valence-electron chi connectivity index (χ1n) is 12.1. The summed E-state index contributed by atoms with van der Waals surface area (Å²) >= 11 is 3.27. The minimum Gasteiger partial charge on any atom is -0.384 e. The quantitative estimate of drug-likeness (QED) is 0.285. The molecule has 1 atom stereocenters. The van der Waals surface area contributed by atoms with Crippen molar-refractivity contribution in [2.24, 2.45) is 0 Å². The Morgan fingerprint density at radius 3 is 2.89 bits per heavy atom. The first kappa shape index (κ1) is 23.0. The number of hydrogen-bond acceptors (Lipinski definition) is 10. The average molecular weight is 523 g/mol. The summed E-state index contributed by atoms with van der Waals surface area (Å²) in [6.07, 6.45) is 8.59. The van der Waals surface area contributed by atoms with Gasteiger partial charge in [-0.25, -0.2) is 9.97 Å². The Labute approximate surface area is 215 Å². The van der Waals surface area contributed by atoms with Gasteiger partial charge in [0.2, 0.25) is 5.91 Å². The lowest BCUT2D eigenvalue weighted by molar-refractivity contribution is -0.124. The van der Waals surface area contributed by atoms with Gasteiger partial charge in [-0.2, -0.15) is 0 Å². The second-order valence-corrected chi connectivity index (χ2v) is 11.5. The topological polar surface area (TPSA) is 141 Å². The molecular weight excluding hydrogens is 496 g/mol. The Morgan fingerprint density at radius 1 is 1.14 bits per heavy atom. The summed E-state index contributed by atoms with van der Waals surface area (Å²) in [6.45, 7) is 1.01. The number of fused-ring (bicyclic) bond motifs is 2. The molecule has 1 saturated carbocycles. The van der Waals surface area contributed by atoms with E-state index in [0.717, 1.165) is 37.8 Å². The maximum atomic E-state index is 13.2. The van der Waals surface area contributed by atoms with Crippen molar-refractivity contribution >= 4 is 50.2 Å². The van der Waals surface area contributed by atoms with E-state index in [9.17, 15) is 9.59 Å². The molecule has 10 nitrogen and oxygen atoms in total. The van der Waals surface area contributed by atoms with Gasteiger partial charge in [0.15, 0.2) is 0 Å². The first-order valence-corrected chi connectivity index (χ1v) is 13.8. The number of thiophene rings is 1. The number of carbonyl (C=O) groups is 1. The molecule has 5 heterocycles. The smallest absolute Gasteiger partial charge is 0.277 e. The largest absolute Gasteiger partial charge is 0.384 e. The number of nitrogen functional groups attached to an aromatic ring is 1. The number of rotatable bonds is 9. The van der Waals surface area contributed by atoms with Gasteiger partial charge in [-0.1, -0.05) is 0 Å². The summed E-state index contributed by atoms with van der Waals surface area (Å²) in [6, 6.07) is 3.27. The molecule has 12 heteroatoms. The number of amides is 1. The van der Waals surface area contributed by atoms with Crippen LogP contribution in [-0.2, 0) is 24.2 Å². The Hall–Kier alpha value is -3.38. The van der Waals surface area contributed by atoms with Crippen LogP contribution in [0.3, 0.4) is 0 Å². The summed E-state index contributed by atoms with van der Waals surface area (Å²) in [7, 11) is 0. The Morgan fingerprint density at radius 2 is 2.03 bits per heavy atom. The minimum absolute atomic E-state index is 0.173. The number of aromatic nitrogens is 5. The fourth-order valence-corrected chi connectivity index (χ4v) is 6.56. The van der Waals surface area contributed by atoms with Crippen molar-refractivity contribution in [3.05, 3.63) is 55.6 Å². The molecule has 1 fully saturated rings. The van der Waals surface area contributed by atoms with Crippen molar-refractivity contribution in [1.29, 1.82) is 0 Å². The van der Waals surface area contributed by atoms with E-state index in [4.69, 9.17) is 5.73 Å². The van der Waals surface area contributed by atoms with Crippen LogP contribution in [0.5, 0.6) is 0 Å². The molecule has 6 rings (SSSR count). The fourth-order valence-electron chi connectivity index (χ4n) is 4.48. The predicted octanol–water partition coefficient (Wildman–Crippen LogP) is 3.01. The minimum atomic E-state index is -0.560. The van der Waals surface area contributed by atoms with E-state index >= 15 is 0 Å². The van der Waals surface area contributed by atoms with E-state index in [-0.39, 0.29) is 11.5 Å². The highest BCUT2D eigenvalue weighted by Crippen LogP contribution is 2.41. The Kier molecular flexibility index (Phi) is 6.13. The maximum Gasteiger partial charge on any atom is 0.277 e. The number of pyridine rings is 1. The third-order valence-electron chi connectivity index (χ3n) is 6.53. The summed E-state index contributed by atoms with van der Waals surface area (Å²) in [5.41, 5.74) is 5.98. The van der Waals surface area contributed by atoms with E-state index in [2.05, 4.69) is 30.8 Å². The molecule has 0 unspecified atom stereocenters. The normalized spacial score (nSPS) is 16.8. The van der Waals surface area contributed by atoms with Gasteiger partial charge in [0.25, 0.3) is 5.56 Å². The van der Waals surface area contributed by atoms with E-state index < -0.39 is 6.04 Å². The summed E-state index contributed by atoms with van der Waals surface area (Å²) in [5, 5.41) is 17.9. The van der Waals surface area contributed by atoms with Crippen molar-refractivity contribution in [3.8, 4) is 0 Å². The van der Waals surface area contributed by atoms with Gasteiger partial charge < -0.3 is 16.4 Å². The van der Waals surface area contributed by atoms with Crippen LogP contribution in [0.1, 0.15) is 58.4 Å². The third-order valence-corrected chi connectivity index (χ3v) is 8.77. The monoisotopic (exact) mass is 522 g/mol. The van der Waals surface area contributed by atoms with Crippen molar-refractivity contribution < 1.29 is 4.79 Å². The maximum absolute atomic E-state index is 13.2. The molecular formula is C24H26N8O2S2. The predicted molar refractivity (Wildman–Crippen MR) is 140 cm³/mol. The van der Waals surface area contributed by atoms with Gasteiger partial charge >= 0.3 is 0 Å². The molecule has 1 amide bonds. The number of nitrogens with one attached hydrogen (secondary N) is 2. The van der Waals surface area contributed by atoms with Crippen LogP contribution in [0.2, 0.25) is 0 Å². The van der Waals surface area contributed by atoms with Crippen LogP contribution in [0.15, 0.2) is 29.3 Å². The molecule has 0 spiro atoms. The highest BCUT2D eigenvalue weighted by atomic mass is 32.1. The summed E-state index contributed by atoms with van der Waals surface area (Å²) < 4.78 is 2.57. The van der Waals surface area contributed by atoms with Crippen molar-refractivity contribution in [2.45, 2.75) is 57.0 Å². The van der Waals surface area contributed by atoms with Gasteiger partial charge in [-0.15, -0.1) is 32.9 Å². The zero-order valence-corrected chi connectivity index (χ0v) is 21.2. The second kappa shape index (κ2) is 9.58. The van der Waals surface area contributed by atoms with E-state index in [1.54, 1.807) is 39.6 Å². The Bertz CT molecular complexity index is 1490. The van der Waals surface area contributed by atoms with Crippen LogP contribution >= 0.6 is 22.7 Å². The second-order valence-electron chi connectivity index (χ2n) is 9.23. The molecule has 36 heavy (non-hydrogen) atoms. The first-order chi connectivity index (χ1) is 17.5. The van der Waals surface area contributed by atoms with Crippen LogP contribution in [0.25, 0.3) is 10.1 Å². The zero-order valence-electron chi connectivity index (χ0n) is 19.6. The molecule has 4 aromatic heterocycles. The standard InChI is InChI=1S/C24H26N8O2S2/c25-19-9-18-14(10-27-19)8-15(35-18)11-29-22(33)17-5-6-20-28-12-16(24(34)32(17)20)26-7-1-2-21-30-31-23(36-21)13-3-4-13/h8-10,12-13,17,26H,1-7,11H2,(H2,25,27)(H,29,33)/t17-/m0/s1. The summed E-state index contributed by atoms with van der Waals surface area (Å²) in [5.74, 6) is 1.57. The van der Waals surface area contributed by atoms with E-state index in [0.29, 0.717) is 49.2 Å². The Balaban J connectivity index is 1.07. The molecule has 4 aromatic rings.